The third kappa shape index (κ3) is 1.07. The lowest BCUT2D eigenvalue weighted by Gasteiger charge is -1.91. The van der Waals surface area contributed by atoms with Crippen LogP contribution in [-0.4, -0.2) is 4.98 Å². The molecule has 0 aliphatic heterocycles. The highest BCUT2D eigenvalue weighted by Crippen LogP contribution is 2.27. The van der Waals surface area contributed by atoms with E-state index >= 15 is 0 Å². The minimum atomic E-state index is -0.384. The van der Waals surface area contributed by atoms with Gasteiger partial charge in [0.05, 0.1) is 9.60 Å². The molecule has 0 aliphatic carbocycles. The Labute approximate surface area is 99.7 Å². The topological polar surface area (TPSA) is 15.8 Å². The highest BCUT2D eigenvalue weighted by Gasteiger charge is 2.02. The molecule has 0 bridgehead atoms. The summed E-state index contributed by atoms with van der Waals surface area (Å²) in [4.78, 5) is 2.77. The van der Waals surface area contributed by atoms with Gasteiger partial charge in [0.25, 0.3) is 0 Å². The average Bonchev–Trinajstić information content (AvgIpc) is 2.87. The van der Waals surface area contributed by atoms with E-state index in [9.17, 15) is 0 Å². The summed E-state index contributed by atoms with van der Waals surface area (Å²) in [6, 6.07) is -1.64. The number of nitrogens with one attached hydrogen (secondary N) is 1. The van der Waals surface area contributed by atoms with Crippen LogP contribution in [0.5, 0.6) is 0 Å². The molecule has 0 saturated heterocycles. The molecule has 14 heavy (non-hydrogen) atoms. The molecule has 68 valence electrons. The number of aromatic amines is 1. The van der Waals surface area contributed by atoms with E-state index in [1.165, 1.54) is 0 Å². The van der Waals surface area contributed by atoms with Gasteiger partial charge >= 0.3 is 0 Å². The van der Waals surface area contributed by atoms with Crippen LogP contribution in [0.25, 0.3) is 21.8 Å². The number of aromatic nitrogens is 1. The lowest BCUT2D eigenvalue weighted by atomic mass is 10.2. The highest BCUT2D eigenvalue weighted by molar-refractivity contribution is 9.10. The van der Waals surface area contributed by atoms with Gasteiger partial charge in [-0.2, -0.15) is 0 Å². The van der Waals surface area contributed by atoms with Crippen molar-refractivity contribution in [2.24, 2.45) is 0 Å². The van der Waals surface area contributed by atoms with Gasteiger partial charge in [-0.15, -0.1) is 0 Å². The number of halogens is 1. The minimum absolute atomic E-state index is 0.0673. The van der Waals surface area contributed by atoms with E-state index < -0.39 is 0 Å². The average molecular weight is 253 g/mol. The molecule has 3 rings (SSSR count). The number of para-hydroxylation sites is 1. The van der Waals surface area contributed by atoms with Gasteiger partial charge in [0, 0.05) is 26.3 Å². The number of rotatable bonds is 0. The molecule has 0 saturated carbocycles. The van der Waals surface area contributed by atoms with Crippen LogP contribution in [-0.2, 0) is 0 Å². The summed E-state index contributed by atoms with van der Waals surface area (Å²) >= 11 is 3.10. The van der Waals surface area contributed by atoms with Crippen molar-refractivity contribution in [1.82, 2.24) is 4.98 Å². The van der Waals surface area contributed by atoms with Gasteiger partial charge in [-0.3, -0.25) is 0 Å². The second kappa shape index (κ2) is 2.85. The van der Waals surface area contributed by atoms with Crippen LogP contribution in [0.1, 0.15) is 9.60 Å². The molecule has 0 amide bonds. The molecule has 0 atom stereocenters. The summed E-state index contributed by atoms with van der Waals surface area (Å²) in [6.07, 6.45) is 0. The summed E-state index contributed by atoms with van der Waals surface area (Å²) in [5, 5.41) is 0.403. The molecule has 0 spiro atoms. The Morgan fingerprint density at radius 3 is 2.71 bits per heavy atom. The Bertz CT molecular complexity index is 857. The van der Waals surface area contributed by atoms with Crippen LogP contribution in [0.15, 0.2) is 46.8 Å². The Hall–Kier alpha value is -1.28. The molecule has 0 fully saturated rings. The van der Waals surface area contributed by atoms with Crippen molar-refractivity contribution >= 4 is 37.7 Å². The second-order valence-electron chi connectivity index (χ2n) is 2.81. The fraction of sp³-hybridized carbons (Fsp3) is 0. The Morgan fingerprint density at radius 2 is 1.79 bits per heavy atom. The summed E-state index contributed by atoms with van der Waals surface area (Å²) in [5.74, 6) is 0. The first-order chi connectivity index (χ1) is 9.77. The molecule has 0 unspecified atom stereocenters. The zero-order valence-electron chi connectivity index (χ0n) is 13.9. The van der Waals surface area contributed by atoms with Crippen LogP contribution >= 0.6 is 15.9 Å². The lowest BCUT2D eigenvalue weighted by Crippen LogP contribution is -1.66. The van der Waals surface area contributed by atoms with Crippen molar-refractivity contribution in [2.45, 2.75) is 0 Å². The third-order valence-corrected chi connectivity index (χ3v) is 2.37. The second-order valence-corrected chi connectivity index (χ2v) is 3.61. The van der Waals surface area contributed by atoms with Crippen molar-refractivity contribution in [3.8, 4) is 0 Å². The van der Waals surface area contributed by atoms with E-state index in [2.05, 4.69) is 20.9 Å². The lowest BCUT2D eigenvalue weighted by molar-refractivity contribution is 1.54. The van der Waals surface area contributed by atoms with Gasteiger partial charge in [-0.1, -0.05) is 34.1 Å². The zero-order valence-corrected chi connectivity index (χ0v) is 8.46. The number of hydrogen-bond acceptors (Lipinski definition) is 0. The Balaban J connectivity index is 2.73. The summed E-state index contributed by atoms with van der Waals surface area (Å²) in [6.45, 7) is 0. The third-order valence-electron chi connectivity index (χ3n) is 1.97. The Kier molecular flexibility index (Phi) is 0.755. The zero-order chi connectivity index (χ0) is 15.6. The quantitative estimate of drug-likeness (QED) is 0.621. The largest absolute Gasteiger partial charge is 0.355 e. The van der Waals surface area contributed by atoms with Gasteiger partial charge in [-0.05, 0) is 24.2 Å². The maximum atomic E-state index is 8.09. The molecule has 0 radical (unpaired) electrons. The standard InChI is InChI=1S/C12H8BrN/c13-8-5-6-12-10(7-8)9-3-1-2-4-11(9)14-12/h1-7,14H/i1D,2D,3D,4D,5D,6D,7D. The van der Waals surface area contributed by atoms with Gasteiger partial charge in [0.15, 0.2) is 0 Å². The van der Waals surface area contributed by atoms with Gasteiger partial charge < -0.3 is 4.98 Å². The number of hydrogen-bond donors (Lipinski definition) is 1. The first kappa shape index (κ1) is 3.70. The fourth-order valence-electron chi connectivity index (χ4n) is 1.38. The van der Waals surface area contributed by atoms with E-state index in [4.69, 9.17) is 9.60 Å². The predicted molar refractivity (Wildman–Crippen MR) is 63.5 cm³/mol. The minimum Gasteiger partial charge on any atom is -0.355 e. The molecule has 1 heterocycles. The molecule has 2 aromatic carbocycles. The molecule has 1 nitrogen and oxygen atoms in total. The maximum Gasteiger partial charge on any atom is 0.0645 e. The van der Waals surface area contributed by atoms with Gasteiger partial charge in [-0.25, -0.2) is 0 Å². The molecular weight excluding hydrogens is 238 g/mol. The van der Waals surface area contributed by atoms with Gasteiger partial charge in [0.1, 0.15) is 0 Å². The fourth-order valence-corrected chi connectivity index (χ4v) is 1.68. The van der Waals surface area contributed by atoms with E-state index in [-0.39, 0.29) is 68.6 Å². The Morgan fingerprint density at radius 1 is 1.00 bits per heavy atom. The van der Waals surface area contributed by atoms with E-state index in [0.29, 0.717) is 0 Å². The number of H-pyrrole nitrogens is 1. The van der Waals surface area contributed by atoms with Crippen LogP contribution in [0, 0.1) is 0 Å². The SMILES string of the molecule is [2H]c1c([2H])c([2H])c2c([nH]c3c([2H])c([2H])c(Br)c([2H])c32)c1[2H]. The van der Waals surface area contributed by atoms with Crippen LogP contribution < -0.4 is 0 Å². The monoisotopic (exact) mass is 252 g/mol. The number of fused-ring (bicyclic) bond motifs is 3. The van der Waals surface area contributed by atoms with E-state index in [1.807, 2.05) is 0 Å². The van der Waals surface area contributed by atoms with Crippen molar-refractivity contribution in [2.75, 3.05) is 0 Å². The summed E-state index contributed by atoms with van der Waals surface area (Å²) < 4.78 is 55.3. The summed E-state index contributed by atoms with van der Waals surface area (Å²) in [5.41, 5.74) is 0.325. The van der Waals surface area contributed by atoms with Crippen molar-refractivity contribution in [1.29, 1.82) is 0 Å². The first-order valence-corrected chi connectivity index (χ1v) is 4.73. The maximum absolute atomic E-state index is 8.09. The molecule has 3 aromatic rings. The molecule has 2 heteroatoms. The summed E-state index contributed by atoms with van der Waals surface area (Å²) in [7, 11) is 0. The van der Waals surface area contributed by atoms with Crippen molar-refractivity contribution in [3.63, 3.8) is 0 Å². The van der Waals surface area contributed by atoms with E-state index in [0.717, 1.165) is 0 Å². The molecular formula is C12H8BrN. The molecule has 1 N–H and O–H groups in total. The number of benzene rings is 2. The smallest absolute Gasteiger partial charge is 0.0645 e. The first-order valence-electron chi connectivity index (χ1n) is 7.44. The highest BCUT2D eigenvalue weighted by atomic mass is 79.9. The van der Waals surface area contributed by atoms with Crippen LogP contribution in [0.3, 0.4) is 0 Å². The van der Waals surface area contributed by atoms with E-state index in [1.54, 1.807) is 0 Å². The van der Waals surface area contributed by atoms with Crippen molar-refractivity contribution < 1.29 is 9.60 Å². The van der Waals surface area contributed by atoms with Gasteiger partial charge in [0.2, 0.25) is 0 Å². The molecule has 0 aliphatic rings. The molecule has 1 aromatic heterocycles. The normalized spacial score (nSPS) is 18.2. The predicted octanol–water partition coefficient (Wildman–Crippen LogP) is 4.08. The van der Waals surface area contributed by atoms with Crippen LogP contribution in [0.2, 0.25) is 0 Å². The van der Waals surface area contributed by atoms with Crippen molar-refractivity contribution in [3.05, 3.63) is 46.8 Å². The van der Waals surface area contributed by atoms with Crippen LogP contribution in [0.4, 0.5) is 0 Å².